The summed E-state index contributed by atoms with van der Waals surface area (Å²) < 4.78 is 34.6. The molecule has 32 aromatic rings. The van der Waals surface area contributed by atoms with Crippen molar-refractivity contribution in [2.75, 3.05) is 0 Å². The van der Waals surface area contributed by atoms with E-state index in [0.29, 0.717) is 0 Å². The third-order valence-electron chi connectivity index (χ3n) is 29.9. The summed E-state index contributed by atoms with van der Waals surface area (Å²) in [7, 11) is 0. The Hall–Kier alpha value is -19.2. The van der Waals surface area contributed by atoms with Gasteiger partial charge in [-0.2, -0.15) is 0 Å². The molecule has 0 saturated heterocycles. The second kappa shape index (κ2) is 31.7. The van der Waals surface area contributed by atoms with Gasteiger partial charge in [-0.3, -0.25) is 0 Å². The van der Waals surface area contributed by atoms with E-state index in [0.717, 1.165) is 139 Å². The van der Waals surface area contributed by atoms with Gasteiger partial charge in [0.1, 0.15) is 16.7 Å². The van der Waals surface area contributed by atoms with E-state index in [2.05, 4.69) is 513 Å². The van der Waals surface area contributed by atoms with E-state index in [9.17, 15) is 0 Å². The van der Waals surface area contributed by atoms with Crippen molar-refractivity contribution in [3.8, 4) is 67.5 Å². The Morgan fingerprint density at radius 3 is 0.846 bits per heavy atom. The lowest BCUT2D eigenvalue weighted by atomic mass is 10.0. The number of benzene rings is 23. The molecule has 0 radical (unpaired) electrons. The summed E-state index contributed by atoms with van der Waals surface area (Å²) in [6.45, 7) is 0. The van der Waals surface area contributed by atoms with Gasteiger partial charge in [-0.25, -0.2) is 0 Å². The highest BCUT2D eigenvalue weighted by molar-refractivity contribution is 6.29. The van der Waals surface area contributed by atoms with Gasteiger partial charge in [0.15, 0.2) is 16.7 Å². The Kier molecular flexibility index (Phi) is 17.7. The fourth-order valence-corrected chi connectivity index (χ4v) is 23.4. The predicted octanol–water partition coefficient (Wildman–Crippen LogP) is 36.6. The standard InChI is InChI=1S/C48H30N2O.C46H28N2O.C40H24N2O/c1-4-13-31(14-5-1)33-17-12-20-36(27-33)49-43-22-11-10-21-37(43)41-29-42-39-25-26-40-38-24-23-34(32-15-6-2-7-16-32)28-46(38)51-48(40)47(39)50(45(42)30-44(41)49)35-18-8-3-9-19-35;1-2-12-33(13-3-1)48-43-28-42-39(27-40(43)37-24-25-38-36-15-7-9-17-44(36)49-46(38)45(37)48)35-14-6-8-16-41(35)47(42)34-22-20-30(21-23-34)32-19-18-29-10-4-5-11-31(29)26-32;1-2-12-27(13-3-1)42-37-24-36-33(23-34(37)31-20-21-32-30-15-7-9-17-38(30)43-40(32)39(31)42)29-14-6-8-16-35(29)41(36)28-19-18-25-10-4-5-11-26(25)22-28/h1-30H;1-28H;1-24H. The zero-order valence-electron chi connectivity index (χ0n) is 77.3. The van der Waals surface area contributed by atoms with Crippen LogP contribution in [-0.4, -0.2) is 27.4 Å². The van der Waals surface area contributed by atoms with Crippen molar-refractivity contribution in [2.24, 2.45) is 0 Å². The molecular formula is C134H82N6O3. The van der Waals surface area contributed by atoms with Crippen LogP contribution in [0.5, 0.6) is 0 Å². The Labute approximate surface area is 818 Å². The van der Waals surface area contributed by atoms with Crippen LogP contribution in [0.2, 0.25) is 0 Å². The molecule has 9 heteroatoms. The highest BCUT2D eigenvalue weighted by Gasteiger charge is 2.29. The van der Waals surface area contributed by atoms with Crippen molar-refractivity contribution in [1.29, 1.82) is 0 Å². The minimum Gasteiger partial charge on any atom is -0.454 e. The van der Waals surface area contributed by atoms with Crippen LogP contribution in [0.3, 0.4) is 0 Å². The fraction of sp³-hybridized carbons (Fsp3) is 0. The number of aromatic nitrogens is 6. The summed E-state index contributed by atoms with van der Waals surface area (Å²) in [6, 6.07) is 179. The molecule has 0 bridgehead atoms. The van der Waals surface area contributed by atoms with Crippen molar-refractivity contribution in [1.82, 2.24) is 27.4 Å². The van der Waals surface area contributed by atoms with Gasteiger partial charge in [0, 0.05) is 131 Å². The topological polar surface area (TPSA) is 69.0 Å². The van der Waals surface area contributed by atoms with Crippen LogP contribution < -0.4 is 0 Å². The van der Waals surface area contributed by atoms with E-state index in [1.54, 1.807) is 0 Å². The number of furan rings is 3. The van der Waals surface area contributed by atoms with Crippen LogP contribution in [0.4, 0.5) is 0 Å². The maximum atomic E-state index is 6.89. The van der Waals surface area contributed by atoms with Gasteiger partial charge in [0.2, 0.25) is 0 Å². The molecule has 32 rings (SSSR count). The number of fused-ring (bicyclic) bond motifs is 32. The highest BCUT2D eigenvalue weighted by atomic mass is 16.3. The normalized spacial score (nSPS) is 12.1. The molecular weight excluding hydrogens is 1740 g/mol. The van der Waals surface area contributed by atoms with Gasteiger partial charge < -0.3 is 40.7 Å². The van der Waals surface area contributed by atoms with Crippen molar-refractivity contribution in [2.45, 2.75) is 0 Å². The summed E-state index contributed by atoms with van der Waals surface area (Å²) in [5.74, 6) is 0. The molecule has 666 valence electrons. The molecule has 23 aromatic carbocycles. The second-order valence-corrected chi connectivity index (χ2v) is 37.7. The van der Waals surface area contributed by atoms with E-state index in [1.165, 1.54) is 147 Å². The molecule has 9 aromatic heterocycles. The largest absolute Gasteiger partial charge is 0.454 e. The average Bonchev–Trinajstić information content (AvgIpc) is 1.55. The van der Waals surface area contributed by atoms with Crippen molar-refractivity contribution < 1.29 is 13.3 Å². The molecule has 0 saturated carbocycles. The monoisotopic (exact) mass is 1820 g/mol. The Morgan fingerprint density at radius 2 is 0.392 bits per heavy atom. The summed E-state index contributed by atoms with van der Waals surface area (Å²) in [4.78, 5) is 0. The molecule has 0 amide bonds. The summed E-state index contributed by atoms with van der Waals surface area (Å²) in [5.41, 5.74) is 33.2. The minimum absolute atomic E-state index is 0.893. The Morgan fingerprint density at radius 1 is 0.119 bits per heavy atom. The van der Waals surface area contributed by atoms with E-state index < -0.39 is 0 Å². The third kappa shape index (κ3) is 12.4. The van der Waals surface area contributed by atoms with Crippen LogP contribution in [0.1, 0.15) is 0 Å². The summed E-state index contributed by atoms with van der Waals surface area (Å²) in [5, 5.41) is 26.4. The number of para-hydroxylation sites is 8. The zero-order valence-corrected chi connectivity index (χ0v) is 77.3. The first-order valence-electron chi connectivity index (χ1n) is 48.9. The van der Waals surface area contributed by atoms with Crippen molar-refractivity contribution in [3.05, 3.63) is 497 Å². The van der Waals surface area contributed by atoms with Crippen molar-refractivity contribution >= 4 is 218 Å². The Balaban J connectivity index is 0.000000100. The molecule has 0 unspecified atom stereocenters. The highest BCUT2D eigenvalue weighted by Crippen LogP contribution is 2.50. The molecule has 143 heavy (non-hydrogen) atoms. The zero-order chi connectivity index (χ0) is 93.6. The second-order valence-electron chi connectivity index (χ2n) is 37.7. The molecule has 0 N–H and O–H groups in total. The van der Waals surface area contributed by atoms with Crippen molar-refractivity contribution in [3.63, 3.8) is 0 Å². The summed E-state index contributed by atoms with van der Waals surface area (Å²) in [6.07, 6.45) is 0. The van der Waals surface area contributed by atoms with Gasteiger partial charge in [-0.05, 0) is 231 Å². The lowest BCUT2D eigenvalue weighted by Crippen LogP contribution is -1.96. The molecule has 9 heterocycles. The van der Waals surface area contributed by atoms with Gasteiger partial charge in [0.05, 0.1) is 66.2 Å². The van der Waals surface area contributed by atoms with Gasteiger partial charge >= 0.3 is 0 Å². The molecule has 0 spiro atoms. The first kappa shape index (κ1) is 79.9. The predicted molar refractivity (Wildman–Crippen MR) is 599 cm³/mol. The van der Waals surface area contributed by atoms with Crippen LogP contribution in [0, 0.1) is 0 Å². The average molecular weight is 1820 g/mol. The molecule has 0 aliphatic heterocycles. The van der Waals surface area contributed by atoms with Crippen LogP contribution in [0.25, 0.3) is 286 Å². The number of rotatable bonds is 9. The smallest absolute Gasteiger partial charge is 0.160 e. The van der Waals surface area contributed by atoms with Gasteiger partial charge in [0.25, 0.3) is 0 Å². The fourth-order valence-electron chi connectivity index (χ4n) is 23.4. The molecule has 9 nitrogen and oxygen atoms in total. The van der Waals surface area contributed by atoms with Crippen LogP contribution in [-0.2, 0) is 0 Å². The van der Waals surface area contributed by atoms with E-state index in [1.807, 2.05) is 12.1 Å². The quantitative estimate of drug-likeness (QED) is 0.145. The molecule has 0 aliphatic rings. The van der Waals surface area contributed by atoms with Crippen LogP contribution >= 0.6 is 0 Å². The number of nitrogens with zero attached hydrogens (tertiary/aromatic N) is 6. The minimum atomic E-state index is 0.893. The maximum absolute atomic E-state index is 6.89. The SMILES string of the molecule is c1ccc(-c2cccc(-n3c4ccccc4c4cc5c6ccc7c8ccc(-c9ccccc9)cc8oc7c6n(-c6ccccc6)c5cc43)c2)cc1.c1ccc(-n2c3cc4c(cc3c3ccc5c6ccccc6oc5c32)c2ccccc2n4-c2ccc(-c3ccc4ccccc4c3)cc2)cc1.c1ccc(-n2c3cc4c(cc3c3ccc5c6ccccc6oc5c32)c2ccccc2n4-c2ccc3ccccc3c2)cc1. The lowest BCUT2D eigenvalue weighted by molar-refractivity contribution is 0.670. The van der Waals surface area contributed by atoms with E-state index in [4.69, 9.17) is 13.3 Å². The van der Waals surface area contributed by atoms with Gasteiger partial charge in [-0.1, -0.05) is 322 Å². The van der Waals surface area contributed by atoms with Gasteiger partial charge in [-0.15, -0.1) is 0 Å². The molecule has 0 aliphatic carbocycles. The number of hydrogen-bond acceptors (Lipinski definition) is 3. The third-order valence-corrected chi connectivity index (χ3v) is 29.9. The number of hydrogen-bond donors (Lipinski definition) is 0. The first-order valence-corrected chi connectivity index (χ1v) is 48.9. The lowest BCUT2D eigenvalue weighted by Gasteiger charge is -2.11. The molecule has 0 fully saturated rings. The Bertz CT molecular complexity index is 10900. The first-order chi connectivity index (χ1) is 70.9. The van der Waals surface area contributed by atoms with E-state index >= 15 is 0 Å². The summed E-state index contributed by atoms with van der Waals surface area (Å²) >= 11 is 0. The maximum Gasteiger partial charge on any atom is 0.160 e. The molecule has 0 atom stereocenters. The van der Waals surface area contributed by atoms with E-state index in [-0.39, 0.29) is 0 Å². The van der Waals surface area contributed by atoms with Crippen LogP contribution in [0.15, 0.2) is 511 Å².